The first-order valence-electron chi connectivity index (χ1n) is 6.92. The quantitative estimate of drug-likeness (QED) is 0.875. The SMILES string of the molecule is CC(C)(C)OC(=O)Nc1ccc(C2(C#N)CC(=O)C2)c(O)c1. The number of Topliss-reactive ketones (excluding diaryl/α,β-unsaturated/α-hetero) is 1. The van der Waals surface area contributed by atoms with E-state index in [1.807, 2.05) is 0 Å². The molecule has 0 aromatic heterocycles. The van der Waals surface area contributed by atoms with Crippen molar-refractivity contribution >= 4 is 17.6 Å². The van der Waals surface area contributed by atoms with Crippen LogP contribution in [0, 0.1) is 11.3 Å². The van der Waals surface area contributed by atoms with Gasteiger partial charge in [-0.1, -0.05) is 6.07 Å². The normalized spacial score (nSPS) is 16.4. The summed E-state index contributed by atoms with van der Waals surface area (Å²) in [5.41, 5.74) is -0.812. The number of phenolic OH excluding ortho intramolecular Hbond substituents is 1. The molecule has 0 aliphatic heterocycles. The summed E-state index contributed by atoms with van der Waals surface area (Å²) in [6, 6.07) is 6.57. The molecule has 0 unspecified atom stereocenters. The van der Waals surface area contributed by atoms with E-state index in [9.17, 15) is 20.0 Å². The number of rotatable bonds is 2. The van der Waals surface area contributed by atoms with Crippen molar-refractivity contribution in [1.29, 1.82) is 5.26 Å². The zero-order chi connectivity index (χ0) is 16.5. The first-order valence-corrected chi connectivity index (χ1v) is 6.92. The third kappa shape index (κ3) is 3.19. The number of ketones is 1. The summed E-state index contributed by atoms with van der Waals surface area (Å²) in [4.78, 5) is 22.9. The lowest BCUT2D eigenvalue weighted by Gasteiger charge is -2.34. The lowest BCUT2D eigenvalue weighted by molar-refractivity contribution is -0.126. The van der Waals surface area contributed by atoms with Crippen LogP contribution >= 0.6 is 0 Å². The predicted octanol–water partition coefficient (Wildman–Crippen LogP) is 2.86. The largest absolute Gasteiger partial charge is 0.508 e. The van der Waals surface area contributed by atoms with Crippen LogP contribution < -0.4 is 5.32 Å². The minimum absolute atomic E-state index is 0.00286. The van der Waals surface area contributed by atoms with Crippen molar-refractivity contribution in [1.82, 2.24) is 0 Å². The average molecular weight is 302 g/mol. The Morgan fingerprint density at radius 1 is 1.41 bits per heavy atom. The molecule has 1 amide bonds. The highest BCUT2D eigenvalue weighted by Crippen LogP contribution is 2.44. The zero-order valence-corrected chi connectivity index (χ0v) is 12.8. The van der Waals surface area contributed by atoms with Crippen molar-refractivity contribution in [3.8, 4) is 11.8 Å². The molecular formula is C16H18N2O4. The summed E-state index contributed by atoms with van der Waals surface area (Å²) < 4.78 is 5.12. The van der Waals surface area contributed by atoms with E-state index in [0.29, 0.717) is 11.3 Å². The van der Waals surface area contributed by atoms with Gasteiger partial charge in [0.2, 0.25) is 0 Å². The van der Waals surface area contributed by atoms with Gasteiger partial charge in [0.25, 0.3) is 0 Å². The molecule has 6 heteroatoms. The lowest BCUT2D eigenvalue weighted by Crippen LogP contribution is -2.40. The van der Waals surface area contributed by atoms with Crippen LogP contribution in [0.3, 0.4) is 0 Å². The smallest absolute Gasteiger partial charge is 0.412 e. The first kappa shape index (κ1) is 15.8. The van der Waals surface area contributed by atoms with E-state index in [4.69, 9.17) is 4.74 Å². The number of nitriles is 1. The third-order valence-electron chi connectivity index (χ3n) is 3.37. The van der Waals surface area contributed by atoms with Crippen LogP contribution in [0.1, 0.15) is 39.2 Å². The maximum absolute atomic E-state index is 11.7. The van der Waals surface area contributed by atoms with Crippen LogP contribution in [0.4, 0.5) is 10.5 Å². The molecule has 1 aromatic rings. The Labute approximate surface area is 128 Å². The number of carbonyl (C=O) groups is 2. The van der Waals surface area contributed by atoms with Gasteiger partial charge in [0, 0.05) is 30.2 Å². The highest BCUT2D eigenvalue weighted by atomic mass is 16.6. The first-order chi connectivity index (χ1) is 10.1. The topological polar surface area (TPSA) is 99.4 Å². The second-order valence-electron chi connectivity index (χ2n) is 6.44. The number of ether oxygens (including phenoxy) is 1. The van der Waals surface area contributed by atoms with Crippen molar-refractivity contribution in [2.45, 2.75) is 44.6 Å². The van der Waals surface area contributed by atoms with Gasteiger partial charge in [-0.25, -0.2) is 4.79 Å². The molecule has 0 saturated heterocycles. The molecule has 0 bridgehead atoms. The minimum atomic E-state index is -0.953. The Hall–Kier alpha value is -2.55. The summed E-state index contributed by atoms with van der Waals surface area (Å²) in [7, 11) is 0. The summed E-state index contributed by atoms with van der Waals surface area (Å²) in [6.45, 7) is 5.24. The van der Waals surface area contributed by atoms with E-state index >= 15 is 0 Å². The number of amides is 1. The van der Waals surface area contributed by atoms with Crippen LogP contribution in [-0.2, 0) is 14.9 Å². The number of benzene rings is 1. The van der Waals surface area contributed by atoms with Crippen molar-refractivity contribution in [3.63, 3.8) is 0 Å². The number of hydrogen-bond acceptors (Lipinski definition) is 5. The fourth-order valence-electron chi connectivity index (χ4n) is 2.39. The number of anilines is 1. The number of nitrogens with zero attached hydrogens (tertiary/aromatic N) is 1. The predicted molar refractivity (Wildman–Crippen MR) is 79.5 cm³/mol. The molecule has 1 aromatic carbocycles. The minimum Gasteiger partial charge on any atom is -0.508 e. The highest BCUT2D eigenvalue weighted by Gasteiger charge is 2.47. The Balaban J connectivity index is 2.16. The Bertz CT molecular complexity index is 660. The third-order valence-corrected chi connectivity index (χ3v) is 3.37. The summed E-state index contributed by atoms with van der Waals surface area (Å²) >= 11 is 0. The van der Waals surface area contributed by atoms with Gasteiger partial charge in [-0.2, -0.15) is 5.26 Å². The molecule has 0 atom stereocenters. The van der Waals surface area contributed by atoms with E-state index in [2.05, 4.69) is 11.4 Å². The van der Waals surface area contributed by atoms with E-state index in [1.54, 1.807) is 32.9 Å². The van der Waals surface area contributed by atoms with E-state index in [1.165, 1.54) is 6.07 Å². The monoisotopic (exact) mass is 302 g/mol. The molecule has 1 saturated carbocycles. The fourth-order valence-corrected chi connectivity index (χ4v) is 2.39. The number of hydrogen-bond donors (Lipinski definition) is 2. The second-order valence-corrected chi connectivity index (χ2v) is 6.44. The van der Waals surface area contributed by atoms with Gasteiger partial charge < -0.3 is 9.84 Å². The number of nitrogens with one attached hydrogen (secondary N) is 1. The molecule has 1 aliphatic carbocycles. The summed E-state index contributed by atoms with van der Waals surface area (Å²) in [5.74, 6) is -0.125. The Kier molecular flexibility index (Phi) is 3.84. The van der Waals surface area contributed by atoms with Crippen LogP contribution in [0.15, 0.2) is 18.2 Å². The van der Waals surface area contributed by atoms with Crippen molar-refractivity contribution < 1.29 is 19.4 Å². The molecule has 2 rings (SSSR count). The van der Waals surface area contributed by atoms with Crippen LogP contribution in [-0.4, -0.2) is 22.6 Å². The number of carbonyl (C=O) groups excluding carboxylic acids is 2. The fraction of sp³-hybridized carbons (Fsp3) is 0.438. The number of phenols is 1. The molecule has 1 aliphatic rings. The van der Waals surface area contributed by atoms with Crippen molar-refractivity contribution in [3.05, 3.63) is 23.8 Å². The van der Waals surface area contributed by atoms with Gasteiger partial charge in [0.1, 0.15) is 17.1 Å². The number of aromatic hydroxyl groups is 1. The molecule has 6 nitrogen and oxygen atoms in total. The van der Waals surface area contributed by atoms with Crippen LogP contribution in [0.2, 0.25) is 0 Å². The molecule has 0 spiro atoms. The molecular weight excluding hydrogens is 284 g/mol. The molecule has 2 N–H and O–H groups in total. The molecule has 0 radical (unpaired) electrons. The zero-order valence-electron chi connectivity index (χ0n) is 12.8. The molecule has 0 heterocycles. The van der Waals surface area contributed by atoms with Gasteiger partial charge in [0.15, 0.2) is 0 Å². The van der Waals surface area contributed by atoms with E-state index in [0.717, 1.165) is 0 Å². The summed E-state index contributed by atoms with van der Waals surface area (Å²) in [5, 5.41) is 21.9. The van der Waals surface area contributed by atoms with Gasteiger partial charge >= 0.3 is 6.09 Å². The van der Waals surface area contributed by atoms with Gasteiger partial charge in [-0.15, -0.1) is 0 Å². The van der Waals surface area contributed by atoms with Crippen LogP contribution in [0.25, 0.3) is 0 Å². The Morgan fingerprint density at radius 3 is 2.50 bits per heavy atom. The lowest BCUT2D eigenvalue weighted by atomic mass is 9.64. The summed E-state index contributed by atoms with van der Waals surface area (Å²) in [6.07, 6.45) is -0.417. The van der Waals surface area contributed by atoms with Crippen molar-refractivity contribution in [2.24, 2.45) is 0 Å². The molecule has 1 fully saturated rings. The van der Waals surface area contributed by atoms with E-state index in [-0.39, 0.29) is 24.4 Å². The maximum atomic E-state index is 11.7. The Morgan fingerprint density at radius 2 is 2.05 bits per heavy atom. The highest BCUT2D eigenvalue weighted by molar-refractivity contribution is 5.91. The molecule has 116 valence electrons. The van der Waals surface area contributed by atoms with Gasteiger partial charge in [0.05, 0.1) is 11.5 Å². The van der Waals surface area contributed by atoms with Crippen molar-refractivity contribution in [2.75, 3.05) is 5.32 Å². The van der Waals surface area contributed by atoms with Gasteiger partial charge in [-0.3, -0.25) is 10.1 Å². The van der Waals surface area contributed by atoms with Gasteiger partial charge in [-0.05, 0) is 26.8 Å². The maximum Gasteiger partial charge on any atom is 0.412 e. The average Bonchev–Trinajstić information content (AvgIpc) is 2.33. The second kappa shape index (κ2) is 5.34. The molecule has 22 heavy (non-hydrogen) atoms. The standard InChI is InChI=1S/C16H18N2O4/c1-15(2,3)22-14(21)18-10-4-5-12(13(20)6-10)16(9-17)7-11(19)8-16/h4-6,20H,7-8H2,1-3H3,(H,18,21). The van der Waals surface area contributed by atoms with Crippen LogP contribution in [0.5, 0.6) is 5.75 Å². The van der Waals surface area contributed by atoms with E-state index < -0.39 is 17.1 Å².